The van der Waals surface area contributed by atoms with Gasteiger partial charge in [0.1, 0.15) is 4.88 Å². The minimum Gasteiger partial charge on any atom is -0.477 e. The normalized spacial score (nSPS) is 11.0. The van der Waals surface area contributed by atoms with E-state index in [9.17, 15) is 14.7 Å². The minimum absolute atomic E-state index is 0.198. The van der Waals surface area contributed by atoms with Crippen LogP contribution >= 0.6 is 54.5 Å². The molecule has 120 valence electrons. The second-order valence-electron chi connectivity index (χ2n) is 4.58. The van der Waals surface area contributed by atoms with Crippen molar-refractivity contribution in [1.82, 2.24) is 0 Å². The molecule has 0 saturated carbocycles. The summed E-state index contributed by atoms with van der Waals surface area (Å²) in [5.74, 6) is -1.10. The molecule has 8 heteroatoms. The average Bonchev–Trinajstić information content (AvgIpc) is 2.95. The third-order valence-corrected chi connectivity index (χ3v) is 7.28. The van der Waals surface area contributed by atoms with Crippen LogP contribution < -0.4 is 0 Å². The SMILES string of the molecule is CCOC(=O)CCCCc1c(C(=O)O)sc2c(Br)sc(Br)c12. The van der Waals surface area contributed by atoms with Gasteiger partial charge in [0.25, 0.3) is 0 Å². The molecule has 0 aliphatic heterocycles. The van der Waals surface area contributed by atoms with Crippen LogP contribution in [0.15, 0.2) is 7.57 Å². The van der Waals surface area contributed by atoms with Gasteiger partial charge in [0, 0.05) is 11.8 Å². The lowest BCUT2D eigenvalue weighted by Crippen LogP contribution is -2.04. The second kappa shape index (κ2) is 7.90. The third kappa shape index (κ3) is 3.90. The smallest absolute Gasteiger partial charge is 0.346 e. The maximum Gasteiger partial charge on any atom is 0.346 e. The number of esters is 1. The topological polar surface area (TPSA) is 63.6 Å². The van der Waals surface area contributed by atoms with Crippen molar-refractivity contribution >= 4 is 76.6 Å². The first-order chi connectivity index (χ1) is 10.5. The fourth-order valence-electron chi connectivity index (χ4n) is 2.20. The number of rotatable bonds is 7. The Labute approximate surface area is 152 Å². The largest absolute Gasteiger partial charge is 0.477 e. The summed E-state index contributed by atoms with van der Waals surface area (Å²) < 4.78 is 7.75. The molecule has 0 amide bonds. The number of carboxylic acids is 1. The zero-order valence-electron chi connectivity index (χ0n) is 11.8. The first-order valence-corrected chi connectivity index (χ1v) is 9.95. The highest BCUT2D eigenvalue weighted by molar-refractivity contribution is 9.12. The van der Waals surface area contributed by atoms with Crippen molar-refractivity contribution in [2.75, 3.05) is 6.61 Å². The van der Waals surface area contributed by atoms with Crippen molar-refractivity contribution in [2.45, 2.75) is 32.6 Å². The molecule has 0 spiro atoms. The molecule has 0 aliphatic carbocycles. The number of halogens is 2. The van der Waals surface area contributed by atoms with Crippen LogP contribution in [0.3, 0.4) is 0 Å². The Morgan fingerprint density at radius 1 is 1.18 bits per heavy atom. The molecule has 1 N–H and O–H groups in total. The van der Waals surface area contributed by atoms with Crippen LogP contribution in [-0.4, -0.2) is 23.7 Å². The van der Waals surface area contributed by atoms with E-state index in [1.165, 1.54) is 11.3 Å². The molecule has 0 atom stereocenters. The van der Waals surface area contributed by atoms with Crippen LogP contribution in [-0.2, 0) is 16.0 Å². The summed E-state index contributed by atoms with van der Waals surface area (Å²) >= 11 is 9.83. The van der Waals surface area contributed by atoms with E-state index in [0.717, 1.165) is 29.6 Å². The molecule has 0 fully saturated rings. The number of aryl methyl sites for hydroxylation is 1. The average molecular weight is 470 g/mol. The number of carboxylic acid groups (broad SMARTS) is 1. The van der Waals surface area contributed by atoms with Gasteiger partial charge in [-0.1, -0.05) is 0 Å². The molecule has 0 unspecified atom stereocenters. The van der Waals surface area contributed by atoms with Crippen molar-refractivity contribution in [3.8, 4) is 0 Å². The van der Waals surface area contributed by atoms with Gasteiger partial charge in [0.15, 0.2) is 0 Å². The predicted molar refractivity (Wildman–Crippen MR) is 96.2 cm³/mol. The number of hydrogen-bond acceptors (Lipinski definition) is 5. The lowest BCUT2D eigenvalue weighted by Gasteiger charge is -2.03. The Balaban J connectivity index is 2.14. The lowest BCUT2D eigenvalue weighted by molar-refractivity contribution is -0.143. The molecule has 2 aromatic rings. The highest BCUT2D eigenvalue weighted by atomic mass is 79.9. The van der Waals surface area contributed by atoms with Crippen molar-refractivity contribution in [3.63, 3.8) is 0 Å². The van der Waals surface area contributed by atoms with E-state index < -0.39 is 5.97 Å². The van der Waals surface area contributed by atoms with Crippen LogP contribution in [0.1, 0.15) is 41.4 Å². The van der Waals surface area contributed by atoms with Crippen LogP contribution in [0, 0.1) is 0 Å². The van der Waals surface area contributed by atoms with E-state index in [-0.39, 0.29) is 5.97 Å². The highest BCUT2D eigenvalue weighted by Gasteiger charge is 2.22. The van der Waals surface area contributed by atoms with Gasteiger partial charge < -0.3 is 9.84 Å². The number of carbonyl (C=O) groups is 2. The van der Waals surface area contributed by atoms with Crippen LogP contribution in [0.5, 0.6) is 0 Å². The molecule has 0 bridgehead atoms. The number of ether oxygens (including phenoxy) is 1. The minimum atomic E-state index is -0.898. The van der Waals surface area contributed by atoms with Crippen LogP contribution in [0.25, 0.3) is 10.1 Å². The molecular weight excluding hydrogens is 456 g/mol. The Hall–Kier alpha value is -0.440. The van der Waals surface area contributed by atoms with Gasteiger partial charge >= 0.3 is 11.9 Å². The van der Waals surface area contributed by atoms with Gasteiger partial charge in [-0.05, 0) is 63.6 Å². The molecule has 2 heterocycles. The standard InChI is InChI=1S/C14H14Br2O4S2/c1-2-20-8(17)6-4-3-5-7-9-11(13(16)22-12(9)15)21-10(7)14(18)19/h2-6H2,1H3,(H,18,19). The van der Waals surface area contributed by atoms with E-state index in [2.05, 4.69) is 31.9 Å². The zero-order valence-corrected chi connectivity index (χ0v) is 16.6. The van der Waals surface area contributed by atoms with Crippen LogP contribution in [0.4, 0.5) is 0 Å². The van der Waals surface area contributed by atoms with Crippen molar-refractivity contribution in [2.24, 2.45) is 0 Å². The van der Waals surface area contributed by atoms with Gasteiger partial charge in [0.2, 0.25) is 0 Å². The van der Waals surface area contributed by atoms with E-state index in [4.69, 9.17) is 4.74 Å². The summed E-state index contributed by atoms with van der Waals surface area (Å²) in [5, 5.41) is 10.4. The lowest BCUT2D eigenvalue weighted by atomic mass is 10.1. The maximum atomic E-state index is 11.4. The number of thiophene rings is 2. The van der Waals surface area contributed by atoms with E-state index >= 15 is 0 Å². The molecule has 22 heavy (non-hydrogen) atoms. The molecular formula is C14H14Br2O4S2. The summed E-state index contributed by atoms with van der Waals surface area (Å²) in [4.78, 5) is 23.2. The first kappa shape index (κ1) is 17.9. The summed E-state index contributed by atoms with van der Waals surface area (Å²) in [6.45, 7) is 2.17. The van der Waals surface area contributed by atoms with Crippen molar-refractivity contribution in [3.05, 3.63) is 18.0 Å². The van der Waals surface area contributed by atoms with Gasteiger partial charge in [-0.3, -0.25) is 4.79 Å². The molecule has 2 aromatic heterocycles. The van der Waals surface area contributed by atoms with E-state index in [1.54, 1.807) is 18.3 Å². The molecule has 4 nitrogen and oxygen atoms in total. The Kier molecular flexibility index (Phi) is 6.43. The van der Waals surface area contributed by atoms with Gasteiger partial charge in [-0.2, -0.15) is 0 Å². The van der Waals surface area contributed by atoms with E-state index in [0.29, 0.717) is 30.7 Å². The van der Waals surface area contributed by atoms with E-state index in [1.807, 2.05) is 0 Å². The van der Waals surface area contributed by atoms with Crippen molar-refractivity contribution in [1.29, 1.82) is 0 Å². The van der Waals surface area contributed by atoms with Crippen molar-refractivity contribution < 1.29 is 19.4 Å². The molecule has 0 saturated heterocycles. The van der Waals surface area contributed by atoms with Crippen LogP contribution in [0.2, 0.25) is 0 Å². The zero-order chi connectivity index (χ0) is 16.3. The van der Waals surface area contributed by atoms with Gasteiger partial charge in [-0.15, -0.1) is 22.7 Å². The fourth-order valence-corrected chi connectivity index (χ4v) is 6.86. The quantitative estimate of drug-likeness (QED) is 0.431. The molecule has 2 rings (SSSR count). The number of unbranched alkanes of at least 4 members (excludes halogenated alkanes) is 1. The summed E-state index contributed by atoms with van der Waals surface area (Å²) in [6, 6.07) is 0. The number of hydrogen-bond donors (Lipinski definition) is 1. The Bertz CT molecular complexity index is 705. The Morgan fingerprint density at radius 2 is 1.91 bits per heavy atom. The third-order valence-electron chi connectivity index (χ3n) is 3.12. The Morgan fingerprint density at radius 3 is 2.55 bits per heavy atom. The molecule has 0 radical (unpaired) electrons. The maximum absolute atomic E-state index is 11.4. The van der Waals surface area contributed by atoms with Gasteiger partial charge in [0.05, 0.1) is 18.9 Å². The first-order valence-electron chi connectivity index (χ1n) is 6.73. The summed E-state index contributed by atoms with van der Waals surface area (Å²) in [7, 11) is 0. The predicted octanol–water partition coefficient (Wildman–Crippen LogP) is 5.46. The number of carbonyl (C=O) groups excluding carboxylic acids is 1. The summed E-state index contributed by atoms with van der Waals surface area (Å²) in [5.41, 5.74) is 0.852. The monoisotopic (exact) mass is 468 g/mol. The number of aromatic carboxylic acids is 1. The molecule has 0 aromatic carbocycles. The summed E-state index contributed by atoms with van der Waals surface area (Å²) in [6.07, 6.45) is 2.46. The fraction of sp³-hybridized carbons (Fsp3) is 0.429. The molecule has 0 aliphatic rings. The second-order valence-corrected chi connectivity index (χ2v) is 9.26. The number of fused-ring (bicyclic) bond motifs is 1. The highest BCUT2D eigenvalue weighted by Crippen LogP contribution is 2.46. The van der Waals surface area contributed by atoms with Gasteiger partial charge in [-0.25, -0.2) is 4.79 Å².